The van der Waals surface area contributed by atoms with E-state index in [1.54, 1.807) is 0 Å². The van der Waals surface area contributed by atoms with E-state index >= 15 is 0 Å². The minimum Gasteiger partial charge on any atom is -0.317 e. The van der Waals surface area contributed by atoms with Crippen molar-refractivity contribution in [3.63, 3.8) is 0 Å². The standard InChI is InChI=1S/C14H15BrN2/c15-12-3-1-10-2-4-13(17-14(10)9-12)11-5-7-16-8-6-11/h1-4,9,11,16H,5-8H2. The first-order chi connectivity index (χ1) is 8.33. The number of piperidine rings is 1. The van der Waals surface area contributed by atoms with Gasteiger partial charge in [-0.1, -0.05) is 28.1 Å². The lowest BCUT2D eigenvalue weighted by atomic mass is 9.94. The van der Waals surface area contributed by atoms with E-state index in [-0.39, 0.29) is 0 Å². The Morgan fingerprint density at radius 3 is 2.71 bits per heavy atom. The molecule has 0 unspecified atom stereocenters. The molecular formula is C14H15BrN2. The summed E-state index contributed by atoms with van der Waals surface area (Å²) in [6, 6.07) is 10.6. The Morgan fingerprint density at radius 2 is 1.88 bits per heavy atom. The van der Waals surface area contributed by atoms with E-state index in [1.807, 2.05) is 0 Å². The lowest BCUT2D eigenvalue weighted by molar-refractivity contribution is 0.454. The maximum absolute atomic E-state index is 4.80. The van der Waals surface area contributed by atoms with Gasteiger partial charge in [0.05, 0.1) is 5.52 Å². The van der Waals surface area contributed by atoms with E-state index in [0.29, 0.717) is 5.92 Å². The van der Waals surface area contributed by atoms with E-state index < -0.39 is 0 Å². The van der Waals surface area contributed by atoms with Gasteiger partial charge in [-0.2, -0.15) is 0 Å². The van der Waals surface area contributed by atoms with Crippen molar-refractivity contribution < 1.29 is 0 Å². The Hall–Kier alpha value is -0.930. The molecule has 0 saturated carbocycles. The van der Waals surface area contributed by atoms with Gasteiger partial charge in [0.15, 0.2) is 0 Å². The number of pyridine rings is 1. The number of nitrogens with one attached hydrogen (secondary N) is 1. The number of hydrogen-bond acceptors (Lipinski definition) is 2. The van der Waals surface area contributed by atoms with E-state index in [2.05, 4.69) is 51.6 Å². The van der Waals surface area contributed by atoms with Crippen LogP contribution in [0.1, 0.15) is 24.5 Å². The van der Waals surface area contributed by atoms with Gasteiger partial charge in [0.1, 0.15) is 0 Å². The first-order valence-corrected chi connectivity index (χ1v) is 6.89. The van der Waals surface area contributed by atoms with Gasteiger partial charge in [-0.05, 0) is 44.1 Å². The molecule has 0 spiro atoms. The van der Waals surface area contributed by atoms with Crippen LogP contribution in [0.2, 0.25) is 0 Å². The van der Waals surface area contributed by atoms with Crippen LogP contribution in [0.5, 0.6) is 0 Å². The molecule has 1 N–H and O–H groups in total. The third-order valence-electron chi connectivity index (χ3n) is 3.43. The summed E-state index contributed by atoms with van der Waals surface area (Å²) in [6.45, 7) is 2.23. The molecule has 2 nitrogen and oxygen atoms in total. The average molecular weight is 291 g/mol. The molecule has 17 heavy (non-hydrogen) atoms. The van der Waals surface area contributed by atoms with Crippen LogP contribution in [0.25, 0.3) is 10.9 Å². The van der Waals surface area contributed by atoms with Crippen molar-refractivity contribution in [3.05, 3.63) is 40.5 Å². The predicted octanol–water partition coefficient (Wildman–Crippen LogP) is 3.46. The number of fused-ring (bicyclic) bond motifs is 1. The third-order valence-corrected chi connectivity index (χ3v) is 3.93. The molecule has 1 aromatic heterocycles. The quantitative estimate of drug-likeness (QED) is 0.870. The molecule has 88 valence electrons. The normalized spacial score (nSPS) is 17.5. The number of aromatic nitrogens is 1. The van der Waals surface area contributed by atoms with Crippen LogP contribution >= 0.6 is 15.9 Å². The maximum Gasteiger partial charge on any atom is 0.0716 e. The SMILES string of the molecule is Brc1ccc2ccc(C3CCNCC3)nc2c1. The first-order valence-electron chi connectivity index (χ1n) is 6.10. The molecule has 2 heterocycles. The second-order valence-electron chi connectivity index (χ2n) is 4.60. The summed E-state index contributed by atoms with van der Waals surface area (Å²) in [7, 11) is 0. The number of hydrogen-bond donors (Lipinski definition) is 1. The van der Waals surface area contributed by atoms with Crippen molar-refractivity contribution in [2.24, 2.45) is 0 Å². The highest BCUT2D eigenvalue weighted by Gasteiger charge is 2.16. The zero-order valence-electron chi connectivity index (χ0n) is 9.62. The fourth-order valence-electron chi connectivity index (χ4n) is 2.45. The Labute approximate surface area is 110 Å². The van der Waals surface area contributed by atoms with Crippen LogP contribution in [0.15, 0.2) is 34.8 Å². The molecule has 0 aliphatic carbocycles. The molecule has 1 aliphatic rings. The highest BCUT2D eigenvalue weighted by molar-refractivity contribution is 9.10. The number of nitrogens with zero attached hydrogens (tertiary/aromatic N) is 1. The smallest absolute Gasteiger partial charge is 0.0716 e. The molecule has 0 amide bonds. The van der Waals surface area contributed by atoms with Gasteiger partial charge in [0.25, 0.3) is 0 Å². The lowest BCUT2D eigenvalue weighted by Crippen LogP contribution is -2.27. The lowest BCUT2D eigenvalue weighted by Gasteiger charge is -2.22. The summed E-state index contributed by atoms with van der Waals surface area (Å²) in [5, 5.41) is 4.61. The van der Waals surface area contributed by atoms with Crippen LogP contribution in [0.3, 0.4) is 0 Å². The molecule has 0 radical (unpaired) electrons. The fourth-order valence-corrected chi connectivity index (χ4v) is 2.80. The van der Waals surface area contributed by atoms with Crippen LogP contribution in [-0.2, 0) is 0 Å². The summed E-state index contributed by atoms with van der Waals surface area (Å²) in [5.74, 6) is 0.625. The molecule has 1 fully saturated rings. The summed E-state index contributed by atoms with van der Waals surface area (Å²) in [6.07, 6.45) is 2.40. The van der Waals surface area contributed by atoms with Gasteiger partial charge in [-0.15, -0.1) is 0 Å². The summed E-state index contributed by atoms with van der Waals surface area (Å²) < 4.78 is 1.10. The predicted molar refractivity (Wildman–Crippen MR) is 74.3 cm³/mol. The molecule has 0 atom stereocenters. The van der Waals surface area contributed by atoms with E-state index in [0.717, 1.165) is 23.1 Å². The van der Waals surface area contributed by atoms with Crippen molar-refractivity contribution in [1.29, 1.82) is 0 Å². The minimum atomic E-state index is 0.625. The Bertz CT molecular complexity index is 533. The number of halogens is 1. The maximum atomic E-state index is 4.80. The summed E-state index contributed by atoms with van der Waals surface area (Å²) in [4.78, 5) is 4.80. The molecule has 1 saturated heterocycles. The zero-order valence-corrected chi connectivity index (χ0v) is 11.2. The summed E-state index contributed by atoms with van der Waals surface area (Å²) >= 11 is 3.50. The molecule has 0 bridgehead atoms. The Balaban J connectivity index is 1.99. The van der Waals surface area contributed by atoms with Crippen molar-refractivity contribution in [1.82, 2.24) is 10.3 Å². The Kier molecular flexibility index (Phi) is 3.12. The largest absolute Gasteiger partial charge is 0.317 e. The van der Waals surface area contributed by atoms with Crippen molar-refractivity contribution in [3.8, 4) is 0 Å². The average Bonchev–Trinajstić information content (AvgIpc) is 2.39. The van der Waals surface area contributed by atoms with Crippen LogP contribution < -0.4 is 5.32 Å². The highest BCUT2D eigenvalue weighted by Crippen LogP contribution is 2.26. The molecule has 1 aromatic carbocycles. The minimum absolute atomic E-state index is 0.625. The molecule has 3 heteroatoms. The monoisotopic (exact) mass is 290 g/mol. The van der Waals surface area contributed by atoms with Crippen LogP contribution in [0.4, 0.5) is 0 Å². The van der Waals surface area contributed by atoms with Gasteiger partial charge in [0.2, 0.25) is 0 Å². The van der Waals surface area contributed by atoms with Crippen LogP contribution in [-0.4, -0.2) is 18.1 Å². The first kappa shape index (κ1) is 11.2. The van der Waals surface area contributed by atoms with Crippen molar-refractivity contribution in [2.45, 2.75) is 18.8 Å². The zero-order chi connectivity index (χ0) is 11.7. The molecule has 1 aliphatic heterocycles. The van der Waals surface area contributed by atoms with Gasteiger partial charge < -0.3 is 5.32 Å². The highest BCUT2D eigenvalue weighted by atomic mass is 79.9. The van der Waals surface area contributed by atoms with E-state index in [4.69, 9.17) is 4.98 Å². The fraction of sp³-hybridized carbons (Fsp3) is 0.357. The second kappa shape index (κ2) is 4.75. The summed E-state index contributed by atoms with van der Waals surface area (Å²) in [5.41, 5.74) is 2.34. The third kappa shape index (κ3) is 2.35. The number of benzene rings is 1. The van der Waals surface area contributed by atoms with Crippen LogP contribution in [0, 0.1) is 0 Å². The molecule has 3 rings (SSSR count). The van der Waals surface area contributed by atoms with E-state index in [9.17, 15) is 0 Å². The van der Waals surface area contributed by atoms with Gasteiger partial charge in [-0.3, -0.25) is 4.98 Å². The molecule has 2 aromatic rings. The number of rotatable bonds is 1. The van der Waals surface area contributed by atoms with Gasteiger partial charge >= 0.3 is 0 Å². The Morgan fingerprint density at radius 1 is 1.12 bits per heavy atom. The van der Waals surface area contributed by atoms with Crippen molar-refractivity contribution in [2.75, 3.05) is 13.1 Å². The van der Waals surface area contributed by atoms with Crippen molar-refractivity contribution >= 4 is 26.8 Å². The molecular weight excluding hydrogens is 276 g/mol. The van der Waals surface area contributed by atoms with Gasteiger partial charge in [0, 0.05) is 21.5 Å². The second-order valence-corrected chi connectivity index (χ2v) is 5.51. The topological polar surface area (TPSA) is 24.9 Å². The van der Waals surface area contributed by atoms with E-state index in [1.165, 1.54) is 23.9 Å². The van der Waals surface area contributed by atoms with Gasteiger partial charge in [-0.25, -0.2) is 0 Å².